The second-order valence-electron chi connectivity index (χ2n) is 6.76. The minimum absolute atomic E-state index is 0.0774. The third kappa shape index (κ3) is 5.04. The molecule has 0 aliphatic carbocycles. The molecular formula is C22H25ClN2O3. The number of amides is 2. The molecule has 2 amide bonds. The predicted octanol–water partition coefficient (Wildman–Crippen LogP) is 3.66. The highest BCUT2D eigenvalue weighted by Crippen LogP contribution is 2.19. The largest absolute Gasteiger partial charge is 0.494 e. The Labute approximate surface area is 170 Å². The van der Waals surface area contributed by atoms with Gasteiger partial charge in [-0.15, -0.1) is 0 Å². The standard InChI is InChI=1S/C22H25ClN2O3/c1-2-28-18-10-8-17(9-11-18)16-21(26)24-12-5-13-25(15-14-24)22(27)19-6-3-4-7-20(19)23/h3-4,6-11H,2,5,12-16H2,1H3. The second-order valence-corrected chi connectivity index (χ2v) is 7.17. The molecule has 1 saturated heterocycles. The number of rotatable bonds is 5. The second kappa shape index (κ2) is 9.60. The smallest absolute Gasteiger partial charge is 0.255 e. The fourth-order valence-electron chi connectivity index (χ4n) is 3.33. The van der Waals surface area contributed by atoms with Gasteiger partial charge in [0.2, 0.25) is 5.91 Å². The van der Waals surface area contributed by atoms with Gasteiger partial charge in [0, 0.05) is 26.2 Å². The van der Waals surface area contributed by atoms with E-state index >= 15 is 0 Å². The molecule has 0 atom stereocenters. The lowest BCUT2D eigenvalue weighted by Gasteiger charge is -2.22. The summed E-state index contributed by atoms with van der Waals surface area (Å²) in [7, 11) is 0. The Morgan fingerprint density at radius 3 is 2.36 bits per heavy atom. The van der Waals surface area contributed by atoms with Crippen molar-refractivity contribution >= 4 is 23.4 Å². The van der Waals surface area contributed by atoms with E-state index in [0.717, 1.165) is 17.7 Å². The van der Waals surface area contributed by atoms with E-state index < -0.39 is 0 Å². The summed E-state index contributed by atoms with van der Waals surface area (Å²) in [5.74, 6) is 0.810. The van der Waals surface area contributed by atoms with Crippen LogP contribution in [0.15, 0.2) is 48.5 Å². The van der Waals surface area contributed by atoms with Crippen LogP contribution in [-0.2, 0) is 11.2 Å². The van der Waals surface area contributed by atoms with Crippen LogP contribution < -0.4 is 4.74 Å². The summed E-state index contributed by atoms with van der Waals surface area (Å²) < 4.78 is 5.44. The van der Waals surface area contributed by atoms with Crippen LogP contribution in [-0.4, -0.2) is 54.4 Å². The van der Waals surface area contributed by atoms with E-state index in [4.69, 9.17) is 16.3 Å². The van der Waals surface area contributed by atoms with Gasteiger partial charge in [0.05, 0.1) is 23.6 Å². The number of carbonyl (C=O) groups excluding carboxylic acids is 2. The first kappa shape index (κ1) is 20.2. The van der Waals surface area contributed by atoms with Crippen molar-refractivity contribution in [3.8, 4) is 5.75 Å². The highest BCUT2D eigenvalue weighted by Gasteiger charge is 2.23. The molecule has 6 heteroatoms. The molecule has 1 aliphatic heterocycles. The number of benzene rings is 2. The van der Waals surface area contributed by atoms with Crippen LogP contribution in [0.2, 0.25) is 5.02 Å². The maximum absolute atomic E-state index is 12.8. The molecule has 5 nitrogen and oxygen atoms in total. The van der Waals surface area contributed by atoms with Crippen molar-refractivity contribution in [3.05, 3.63) is 64.7 Å². The van der Waals surface area contributed by atoms with Crippen LogP contribution in [0.1, 0.15) is 29.3 Å². The van der Waals surface area contributed by atoms with Gasteiger partial charge < -0.3 is 14.5 Å². The molecule has 28 heavy (non-hydrogen) atoms. The minimum atomic E-state index is -0.0774. The van der Waals surface area contributed by atoms with Crippen LogP contribution in [0, 0.1) is 0 Å². The van der Waals surface area contributed by atoms with E-state index in [-0.39, 0.29) is 11.8 Å². The molecule has 0 N–H and O–H groups in total. The Balaban J connectivity index is 1.57. The van der Waals surface area contributed by atoms with E-state index in [1.54, 1.807) is 17.0 Å². The number of nitrogens with zero attached hydrogens (tertiary/aromatic N) is 2. The average Bonchev–Trinajstić information content (AvgIpc) is 2.96. The van der Waals surface area contributed by atoms with Crippen molar-refractivity contribution in [1.82, 2.24) is 9.80 Å². The summed E-state index contributed by atoms with van der Waals surface area (Å²) in [6.07, 6.45) is 1.11. The Bertz CT molecular complexity index is 823. The number of hydrogen-bond acceptors (Lipinski definition) is 3. The predicted molar refractivity (Wildman–Crippen MR) is 110 cm³/mol. The van der Waals surface area contributed by atoms with Crippen molar-refractivity contribution in [2.24, 2.45) is 0 Å². The normalized spacial score (nSPS) is 14.5. The van der Waals surface area contributed by atoms with Crippen molar-refractivity contribution in [1.29, 1.82) is 0 Å². The van der Waals surface area contributed by atoms with Gasteiger partial charge in [-0.2, -0.15) is 0 Å². The summed E-state index contributed by atoms with van der Waals surface area (Å²) in [6.45, 7) is 4.89. The Hall–Kier alpha value is -2.53. The van der Waals surface area contributed by atoms with Crippen LogP contribution >= 0.6 is 11.6 Å². The van der Waals surface area contributed by atoms with Crippen LogP contribution in [0.25, 0.3) is 0 Å². The number of halogens is 1. The summed E-state index contributed by atoms with van der Waals surface area (Å²) in [5.41, 5.74) is 1.47. The third-order valence-electron chi connectivity index (χ3n) is 4.83. The summed E-state index contributed by atoms with van der Waals surface area (Å²) in [6, 6.07) is 14.7. The molecule has 2 aromatic rings. The maximum Gasteiger partial charge on any atom is 0.255 e. The Morgan fingerprint density at radius 1 is 0.964 bits per heavy atom. The van der Waals surface area contributed by atoms with Crippen molar-refractivity contribution < 1.29 is 14.3 Å². The van der Waals surface area contributed by atoms with E-state index in [9.17, 15) is 9.59 Å². The zero-order chi connectivity index (χ0) is 19.9. The first-order chi connectivity index (χ1) is 13.6. The van der Waals surface area contributed by atoms with E-state index in [1.165, 1.54) is 0 Å². The van der Waals surface area contributed by atoms with Crippen molar-refractivity contribution in [2.75, 3.05) is 32.8 Å². The molecule has 148 valence electrons. The highest BCUT2D eigenvalue weighted by atomic mass is 35.5. The number of hydrogen-bond donors (Lipinski definition) is 0. The van der Waals surface area contributed by atoms with Crippen molar-refractivity contribution in [3.63, 3.8) is 0 Å². The van der Waals surface area contributed by atoms with Gasteiger partial charge in [0.1, 0.15) is 5.75 Å². The van der Waals surface area contributed by atoms with Gasteiger partial charge >= 0.3 is 0 Å². The number of ether oxygens (including phenoxy) is 1. The molecular weight excluding hydrogens is 376 g/mol. The summed E-state index contributed by atoms with van der Waals surface area (Å²) in [5, 5.41) is 0.458. The summed E-state index contributed by atoms with van der Waals surface area (Å²) >= 11 is 6.16. The zero-order valence-electron chi connectivity index (χ0n) is 16.1. The lowest BCUT2D eigenvalue weighted by molar-refractivity contribution is -0.130. The lowest BCUT2D eigenvalue weighted by atomic mass is 10.1. The topological polar surface area (TPSA) is 49.9 Å². The molecule has 0 bridgehead atoms. The maximum atomic E-state index is 12.8. The molecule has 0 spiro atoms. The molecule has 0 radical (unpaired) electrons. The highest BCUT2D eigenvalue weighted by molar-refractivity contribution is 6.33. The molecule has 0 saturated carbocycles. The van der Waals surface area contributed by atoms with Crippen LogP contribution in [0.5, 0.6) is 5.75 Å². The van der Waals surface area contributed by atoms with Crippen LogP contribution in [0.3, 0.4) is 0 Å². The lowest BCUT2D eigenvalue weighted by Crippen LogP contribution is -2.38. The quantitative estimate of drug-likeness (QED) is 0.769. The first-order valence-electron chi connectivity index (χ1n) is 9.62. The fraction of sp³-hybridized carbons (Fsp3) is 0.364. The molecule has 1 heterocycles. The molecule has 1 fully saturated rings. The Morgan fingerprint density at radius 2 is 1.64 bits per heavy atom. The SMILES string of the molecule is CCOc1ccc(CC(=O)N2CCCN(C(=O)c3ccccc3Cl)CC2)cc1. The average molecular weight is 401 g/mol. The van der Waals surface area contributed by atoms with Gasteiger partial charge in [-0.1, -0.05) is 35.9 Å². The minimum Gasteiger partial charge on any atom is -0.494 e. The van der Waals surface area contributed by atoms with Gasteiger partial charge in [-0.3, -0.25) is 9.59 Å². The van der Waals surface area contributed by atoms with E-state index in [1.807, 2.05) is 48.2 Å². The van der Waals surface area contributed by atoms with Gasteiger partial charge in [-0.05, 0) is 43.2 Å². The van der Waals surface area contributed by atoms with Gasteiger partial charge in [-0.25, -0.2) is 0 Å². The molecule has 2 aromatic carbocycles. The monoisotopic (exact) mass is 400 g/mol. The van der Waals surface area contributed by atoms with Crippen molar-refractivity contribution in [2.45, 2.75) is 19.8 Å². The summed E-state index contributed by atoms with van der Waals surface area (Å²) in [4.78, 5) is 29.1. The van der Waals surface area contributed by atoms with Gasteiger partial charge in [0.15, 0.2) is 0 Å². The molecule has 0 aromatic heterocycles. The van der Waals surface area contributed by atoms with E-state index in [0.29, 0.717) is 49.8 Å². The van der Waals surface area contributed by atoms with Crippen LogP contribution in [0.4, 0.5) is 0 Å². The Kier molecular flexibility index (Phi) is 6.93. The fourth-order valence-corrected chi connectivity index (χ4v) is 3.55. The number of carbonyl (C=O) groups is 2. The zero-order valence-corrected chi connectivity index (χ0v) is 16.8. The van der Waals surface area contributed by atoms with E-state index in [2.05, 4.69) is 0 Å². The third-order valence-corrected chi connectivity index (χ3v) is 5.16. The van der Waals surface area contributed by atoms with Gasteiger partial charge in [0.25, 0.3) is 5.91 Å². The molecule has 0 unspecified atom stereocenters. The first-order valence-corrected chi connectivity index (χ1v) is 9.99. The molecule has 1 aliphatic rings. The molecule has 3 rings (SSSR count).